The van der Waals surface area contributed by atoms with Gasteiger partial charge in [-0.15, -0.1) is 0 Å². The molecule has 1 aliphatic carbocycles. The highest BCUT2D eigenvalue weighted by Gasteiger charge is 2.18. The molecule has 0 aromatic heterocycles. The van der Waals surface area contributed by atoms with Crippen molar-refractivity contribution >= 4 is 22.6 Å². The van der Waals surface area contributed by atoms with Gasteiger partial charge in [-0.05, 0) is 72.0 Å². The Kier molecular flexibility index (Phi) is 8.08. The number of rotatable bonds is 7. The van der Waals surface area contributed by atoms with E-state index >= 15 is 0 Å². The SMILES string of the molecule is CCCNC(Cc1ccc(I)cc1)CC1CCCCCC1. The molecule has 21 heavy (non-hydrogen) atoms. The summed E-state index contributed by atoms with van der Waals surface area (Å²) in [6.07, 6.45) is 12.5. The molecule has 118 valence electrons. The lowest BCUT2D eigenvalue weighted by molar-refractivity contribution is 0.349. The molecular weight excluding hydrogens is 369 g/mol. The summed E-state index contributed by atoms with van der Waals surface area (Å²) in [6.45, 7) is 3.42. The summed E-state index contributed by atoms with van der Waals surface area (Å²) in [4.78, 5) is 0. The first-order valence-corrected chi connectivity index (χ1v) is 9.83. The highest BCUT2D eigenvalue weighted by Crippen LogP contribution is 2.27. The van der Waals surface area contributed by atoms with Crippen molar-refractivity contribution in [3.05, 3.63) is 33.4 Å². The van der Waals surface area contributed by atoms with E-state index in [1.54, 1.807) is 0 Å². The van der Waals surface area contributed by atoms with Gasteiger partial charge in [-0.3, -0.25) is 0 Å². The Morgan fingerprint density at radius 3 is 2.38 bits per heavy atom. The first kappa shape index (κ1) is 17.3. The van der Waals surface area contributed by atoms with Crippen molar-refractivity contribution < 1.29 is 0 Å². The average Bonchev–Trinajstić information content (AvgIpc) is 2.76. The number of benzene rings is 1. The van der Waals surface area contributed by atoms with Gasteiger partial charge in [0.05, 0.1) is 0 Å². The van der Waals surface area contributed by atoms with Crippen LogP contribution in [-0.4, -0.2) is 12.6 Å². The third-order valence-electron chi connectivity index (χ3n) is 4.67. The van der Waals surface area contributed by atoms with Crippen LogP contribution in [0.3, 0.4) is 0 Å². The minimum atomic E-state index is 0.660. The summed E-state index contributed by atoms with van der Waals surface area (Å²) in [5, 5.41) is 3.80. The Balaban J connectivity index is 1.91. The molecule has 1 aromatic carbocycles. The molecule has 0 amide bonds. The van der Waals surface area contributed by atoms with Gasteiger partial charge < -0.3 is 5.32 Å². The van der Waals surface area contributed by atoms with Crippen molar-refractivity contribution in [3.8, 4) is 0 Å². The zero-order valence-corrected chi connectivity index (χ0v) is 15.6. The Morgan fingerprint density at radius 2 is 1.76 bits per heavy atom. The maximum absolute atomic E-state index is 3.80. The van der Waals surface area contributed by atoms with Gasteiger partial charge in [-0.25, -0.2) is 0 Å². The quantitative estimate of drug-likeness (QED) is 0.467. The maximum atomic E-state index is 3.80. The van der Waals surface area contributed by atoms with Gasteiger partial charge in [-0.2, -0.15) is 0 Å². The second kappa shape index (κ2) is 9.83. The molecule has 2 rings (SSSR count). The molecule has 1 nitrogen and oxygen atoms in total. The summed E-state index contributed by atoms with van der Waals surface area (Å²) >= 11 is 2.39. The largest absolute Gasteiger partial charge is 0.314 e. The van der Waals surface area contributed by atoms with Crippen molar-refractivity contribution in [1.82, 2.24) is 5.32 Å². The van der Waals surface area contributed by atoms with Gasteiger partial charge in [-0.1, -0.05) is 57.6 Å². The van der Waals surface area contributed by atoms with Crippen molar-refractivity contribution in [2.75, 3.05) is 6.54 Å². The molecule has 1 saturated carbocycles. The van der Waals surface area contributed by atoms with Crippen LogP contribution in [0.5, 0.6) is 0 Å². The standard InChI is InChI=1S/C19H30IN/c1-2-13-21-19(14-16-7-5-3-4-6-8-16)15-17-9-11-18(20)12-10-17/h9-12,16,19,21H,2-8,13-15H2,1H3. The Labute approximate surface area is 144 Å². The Morgan fingerprint density at radius 1 is 1.10 bits per heavy atom. The van der Waals surface area contributed by atoms with E-state index in [0.717, 1.165) is 12.5 Å². The van der Waals surface area contributed by atoms with Crippen LogP contribution in [0.25, 0.3) is 0 Å². The molecule has 1 unspecified atom stereocenters. The third-order valence-corrected chi connectivity index (χ3v) is 5.39. The number of nitrogens with one attached hydrogen (secondary N) is 1. The van der Waals surface area contributed by atoms with Crippen molar-refractivity contribution in [2.24, 2.45) is 5.92 Å². The fourth-order valence-corrected chi connectivity index (χ4v) is 3.85. The Hall–Kier alpha value is -0.0900. The second-order valence-corrected chi connectivity index (χ2v) is 7.82. The van der Waals surface area contributed by atoms with Gasteiger partial charge >= 0.3 is 0 Å². The molecule has 0 bridgehead atoms. The third kappa shape index (κ3) is 6.68. The molecule has 1 atom stereocenters. The highest BCUT2D eigenvalue weighted by molar-refractivity contribution is 14.1. The zero-order valence-electron chi connectivity index (χ0n) is 13.4. The summed E-state index contributed by atoms with van der Waals surface area (Å²) in [5.41, 5.74) is 1.48. The minimum absolute atomic E-state index is 0.660. The van der Waals surface area contributed by atoms with Gasteiger partial charge in [0.1, 0.15) is 0 Å². The van der Waals surface area contributed by atoms with E-state index in [9.17, 15) is 0 Å². The van der Waals surface area contributed by atoms with Crippen molar-refractivity contribution in [2.45, 2.75) is 70.8 Å². The molecule has 0 heterocycles. The molecule has 1 fully saturated rings. The molecule has 1 N–H and O–H groups in total. The summed E-state index contributed by atoms with van der Waals surface area (Å²) in [6, 6.07) is 9.73. The first-order valence-electron chi connectivity index (χ1n) is 8.75. The molecule has 1 aliphatic rings. The van der Waals surface area contributed by atoms with Crippen molar-refractivity contribution in [3.63, 3.8) is 0 Å². The number of hydrogen-bond acceptors (Lipinski definition) is 1. The number of hydrogen-bond donors (Lipinski definition) is 1. The van der Waals surface area contributed by atoms with Gasteiger partial charge in [0.2, 0.25) is 0 Å². The molecule has 1 aromatic rings. The predicted molar refractivity (Wildman–Crippen MR) is 101 cm³/mol. The van der Waals surface area contributed by atoms with E-state index in [1.807, 2.05) is 0 Å². The van der Waals surface area contributed by atoms with E-state index in [2.05, 4.69) is 59.1 Å². The molecule has 0 spiro atoms. The summed E-state index contributed by atoms with van der Waals surface area (Å²) < 4.78 is 1.33. The summed E-state index contributed by atoms with van der Waals surface area (Å²) in [7, 11) is 0. The fourth-order valence-electron chi connectivity index (χ4n) is 3.49. The molecular formula is C19H30IN. The molecule has 0 saturated heterocycles. The van der Waals surface area contributed by atoms with Crippen LogP contribution in [0.2, 0.25) is 0 Å². The van der Waals surface area contributed by atoms with Gasteiger partial charge in [0, 0.05) is 9.61 Å². The lowest BCUT2D eigenvalue weighted by Gasteiger charge is -2.24. The van der Waals surface area contributed by atoms with Gasteiger partial charge in [0.25, 0.3) is 0 Å². The van der Waals surface area contributed by atoms with Gasteiger partial charge in [0.15, 0.2) is 0 Å². The summed E-state index contributed by atoms with van der Waals surface area (Å²) in [5.74, 6) is 0.950. The molecule has 0 aliphatic heterocycles. The lowest BCUT2D eigenvalue weighted by Crippen LogP contribution is -2.33. The smallest absolute Gasteiger partial charge is 0.0130 e. The van der Waals surface area contributed by atoms with E-state index < -0.39 is 0 Å². The number of halogens is 1. The predicted octanol–water partition coefficient (Wildman–Crippen LogP) is 5.56. The monoisotopic (exact) mass is 399 g/mol. The van der Waals surface area contributed by atoms with Crippen LogP contribution in [0, 0.1) is 9.49 Å². The minimum Gasteiger partial charge on any atom is -0.314 e. The maximum Gasteiger partial charge on any atom is 0.0130 e. The average molecular weight is 399 g/mol. The van der Waals surface area contributed by atoms with E-state index in [-0.39, 0.29) is 0 Å². The van der Waals surface area contributed by atoms with Crippen LogP contribution in [0.4, 0.5) is 0 Å². The molecule has 0 radical (unpaired) electrons. The first-order chi connectivity index (χ1) is 10.3. The Bertz CT molecular complexity index is 379. The van der Waals surface area contributed by atoms with Crippen molar-refractivity contribution in [1.29, 1.82) is 0 Å². The van der Waals surface area contributed by atoms with Crippen LogP contribution in [0.15, 0.2) is 24.3 Å². The molecule has 2 heteroatoms. The van der Waals surface area contributed by atoms with Crippen LogP contribution in [-0.2, 0) is 6.42 Å². The second-order valence-electron chi connectivity index (χ2n) is 6.57. The zero-order chi connectivity index (χ0) is 14.9. The highest BCUT2D eigenvalue weighted by atomic mass is 127. The van der Waals surface area contributed by atoms with Crippen LogP contribution >= 0.6 is 22.6 Å². The van der Waals surface area contributed by atoms with Crippen LogP contribution in [0.1, 0.15) is 63.9 Å². The van der Waals surface area contributed by atoms with E-state index in [1.165, 1.54) is 66.9 Å². The van der Waals surface area contributed by atoms with E-state index in [0.29, 0.717) is 6.04 Å². The topological polar surface area (TPSA) is 12.0 Å². The van der Waals surface area contributed by atoms with E-state index in [4.69, 9.17) is 0 Å². The fraction of sp³-hybridized carbons (Fsp3) is 0.684. The van der Waals surface area contributed by atoms with Crippen LogP contribution < -0.4 is 5.32 Å². The lowest BCUT2D eigenvalue weighted by atomic mass is 9.90. The normalized spacial score (nSPS) is 18.4.